The van der Waals surface area contributed by atoms with E-state index in [2.05, 4.69) is 5.32 Å². The number of rotatable bonds is 5. The molecule has 3 rings (SSSR count). The van der Waals surface area contributed by atoms with Gasteiger partial charge in [-0.05, 0) is 52.0 Å². The van der Waals surface area contributed by atoms with Gasteiger partial charge in [0.25, 0.3) is 0 Å². The van der Waals surface area contributed by atoms with Gasteiger partial charge < -0.3 is 14.8 Å². The minimum absolute atomic E-state index is 0.146. The molecule has 0 fully saturated rings. The zero-order valence-electron chi connectivity index (χ0n) is 16.1. The number of nitrogens with one attached hydrogen (secondary N) is 1. The summed E-state index contributed by atoms with van der Waals surface area (Å²) in [5.74, 6) is -1.20. The molecule has 0 aliphatic heterocycles. The van der Waals surface area contributed by atoms with Crippen LogP contribution in [0, 0.1) is 12.8 Å². The van der Waals surface area contributed by atoms with Crippen molar-refractivity contribution >= 4 is 17.3 Å². The number of Topliss-reactive ketones (excluding diaryl/α,β-unsaturated/α-hetero) is 2. The van der Waals surface area contributed by atoms with Gasteiger partial charge in [0.15, 0.2) is 5.78 Å². The Morgan fingerprint density at radius 3 is 2.37 bits per heavy atom. The van der Waals surface area contributed by atoms with Gasteiger partial charge in [0.2, 0.25) is 0 Å². The van der Waals surface area contributed by atoms with Gasteiger partial charge in [-0.25, -0.2) is 0 Å². The molecule has 1 aromatic carbocycles. The summed E-state index contributed by atoms with van der Waals surface area (Å²) in [4.78, 5) is 25.0. The molecule has 0 radical (unpaired) electrons. The highest BCUT2D eigenvalue weighted by molar-refractivity contribution is 5.98. The number of carbonyl (C=O) groups excluding carboxylic acids is 2. The molecule has 0 spiro atoms. The summed E-state index contributed by atoms with van der Waals surface area (Å²) in [7, 11) is 0. The minimum Gasteiger partial charge on any atom is -0.469 e. The molecule has 1 aliphatic carbocycles. The monoisotopic (exact) mass is 367 g/mol. The number of anilines is 1. The van der Waals surface area contributed by atoms with Crippen LogP contribution in [0.1, 0.15) is 44.4 Å². The molecule has 142 valence electrons. The van der Waals surface area contributed by atoms with Crippen LogP contribution in [0.2, 0.25) is 0 Å². The van der Waals surface area contributed by atoms with Crippen molar-refractivity contribution in [3.63, 3.8) is 0 Å². The topological polar surface area (TPSA) is 79.5 Å². The first-order valence-electron chi connectivity index (χ1n) is 9.04. The van der Waals surface area contributed by atoms with E-state index >= 15 is 0 Å². The Labute approximate surface area is 159 Å². The molecular formula is C22H25NO4. The highest BCUT2D eigenvalue weighted by Gasteiger charge is 2.50. The van der Waals surface area contributed by atoms with E-state index in [0.717, 1.165) is 11.3 Å². The fraction of sp³-hybridized carbons (Fsp3) is 0.364. The molecule has 27 heavy (non-hydrogen) atoms. The van der Waals surface area contributed by atoms with Crippen LogP contribution in [0.15, 0.2) is 58.3 Å². The van der Waals surface area contributed by atoms with Crippen LogP contribution in [0.25, 0.3) is 0 Å². The van der Waals surface area contributed by atoms with Crippen LogP contribution in [-0.2, 0) is 9.59 Å². The fourth-order valence-electron chi connectivity index (χ4n) is 4.08. The first-order valence-corrected chi connectivity index (χ1v) is 9.04. The van der Waals surface area contributed by atoms with E-state index in [1.54, 1.807) is 19.1 Å². The van der Waals surface area contributed by atoms with E-state index in [1.165, 1.54) is 20.1 Å². The second-order valence-electron chi connectivity index (χ2n) is 7.55. The maximum Gasteiger partial charge on any atom is 0.158 e. The minimum atomic E-state index is -1.31. The van der Waals surface area contributed by atoms with Gasteiger partial charge in [-0.2, -0.15) is 0 Å². The quantitative estimate of drug-likeness (QED) is 0.835. The van der Waals surface area contributed by atoms with Crippen molar-refractivity contribution in [3.05, 3.63) is 65.3 Å². The van der Waals surface area contributed by atoms with Crippen molar-refractivity contribution in [3.8, 4) is 0 Å². The lowest BCUT2D eigenvalue weighted by atomic mass is 9.65. The SMILES string of the molecule is CC(=O)C1=C(Nc2ccc(C)cc2)C[C@@](C)(O)[C@@H](C(C)=O)[C@H]1c1ccco1. The van der Waals surface area contributed by atoms with E-state index in [1.807, 2.05) is 31.2 Å². The van der Waals surface area contributed by atoms with Crippen LogP contribution >= 0.6 is 0 Å². The number of hydrogen-bond acceptors (Lipinski definition) is 5. The molecule has 5 nitrogen and oxygen atoms in total. The Hall–Kier alpha value is -2.66. The van der Waals surface area contributed by atoms with Gasteiger partial charge in [-0.15, -0.1) is 0 Å². The van der Waals surface area contributed by atoms with E-state index in [0.29, 0.717) is 17.0 Å². The van der Waals surface area contributed by atoms with Gasteiger partial charge in [-0.3, -0.25) is 9.59 Å². The molecule has 2 aromatic rings. The first kappa shape index (κ1) is 19.1. The lowest BCUT2D eigenvalue weighted by Gasteiger charge is -2.42. The predicted octanol–water partition coefficient (Wildman–Crippen LogP) is 3.99. The number of aryl methyl sites for hydroxylation is 1. The van der Waals surface area contributed by atoms with Gasteiger partial charge in [-0.1, -0.05) is 17.7 Å². The van der Waals surface area contributed by atoms with Crippen molar-refractivity contribution < 1.29 is 19.1 Å². The second-order valence-corrected chi connectivity index (χ2v) is 7.55. The average molecular weight is 367 g/mol. The Morgan fingerprint density at radius 2 is 1.85 bits per heavy atom. The highest BCUT2D eigenvalue weighted by atomic mass is 16.3. The van der Waals surface area contributed by atoms with Crippen LogP contribution in [0.3, 0.4) is 0 Å². The molecule has 0 unspecified atom stereocenters. The maximum atomic E-state index is 12.6. The van der Waals surface area contributed by atoms with Gasteiger partial charge in [0.05, 0.1) is 23.7 Å². The van der Waals surface area contributed by atoms with Gasteiger partial charge in [0.1, 0.15) is 11.5 Å². The maximum absolute atomic E-state index is 12.6. The summed E-state index contributed by atoms with van der Waals surface area (Å²) >= 11 is 0. The summed E-state index contributed by atoms with van der Waals surface area (Å²) in [5.41, 5.74) is 1.74. The normalized spacial score (nSPS) is 25.4. The fourth-order valence-corrected chi connectivity index (χ4v) is 4.08. The molecule has 0 bridgehead atoms. The lowest BCUT2D eigenvalue weighted by molar-refractivity contribution is -0.131. The van der Waals surface area contributed by atoms with Crippen LogP contribution < -0.4 is 5.32 Å². The van der Waals surface area contributed by atoms with Crippen molar-refractivity contribution in [1.29, 1.82) is 0 Å². The number of furan rings is 1. The van der Waals surface area contributed by atoms with Crippen LogP contribution in [0.5, 0.6) is 0 Å². The number of hydrogen-bond donors (Lipinski definition) is 2. The molecule has 1 aromatic heterocycles. The summed E-state index contributed by atoms with van der Waals surface area (Å²) in [6, 6.07) is 11.3. The van der Waals surface area contributed by atoms with Crippen molar-refractivity contribution in [2.24, 2.45) is 5.92 Å². The first-order chi connectivity index (χ1) is 12.7. The van der Waals surface area contributed by atoms with E-state index < -0.39 is 17.4 Å². The predicted molar refractivity (Wildman–Crippen MR) is 103 cm³/mol. The number of aliphatic hydroxyl groups is 1. The van der Waals surface area contributed by atoms with Crippen molar-refractivity contribution in [2.45, 2.75) is 45.6 Å². The zero-order chi connectivity index (χ0) is 19.8. The van der Waals surface area contributed by atoms with E-state index in [4.69, 9.17) is 4.42 Å². The number of carbonyl (C=O) groups is 2. The molecule has 1 aliphatic rings. The Balaban J connectivity index is 2.16. The molecule has 5 heteroatoms. The largest absolute Gasteiger partial charge is 0.469 e. The number of allylic oxidation sites excluding steroid dienone is 1. The third-order valence-electron chi connectivity index (χ3n) is 5.19. The zero-order valence-corrected chi connectivity index (χ0v) is 16.1. The Morgan fingerprint density at radius 1 is 1.19 bits per heavy atom. The molecular weight excluding hydrogens is 342 g/mol. The molecule has 2 N–H and O–H groups in total. The summed E-state index contributed by atoms with van der Waals surface area (Å²) < 4.78 is 5.56. The highest BCUT2D eigenvalue weighted by Crippen LogP contribution is 2.47. The summed E-state index contributed by atoms with van der Waals surface area (Å²) in [6.07, 6.45) is 1.69. The Bertz CT molecular complexity index is 876. The third-order valence-corrected chi connectivity index (χ3v) is 5.19. The summed E-state index contributed by atoms with van der Waals surface area (Å²) in [5, 5.41) is 14.4. The van der Waals surface area contributed by atoms with E-state index in [9.17, 15) is 14.7 Å². The summed E-state index contributed by atoms with van der Waals surface area (Å²) in [6.45, 7) is 6.58. The molecule has 3 atom stereocenters. The Kier molecular flexibility index (Phi) is 5.07. The standard InChI is InChI=1S/C22H25NO4/c1-13-7-9-16(10-8-13)23-17-12-22(4,26)21(15(3)25)20(19(17)14(2)24)18-6-5-11-27-18/h5-11,20-21,23,26H,12H2,1-4H3/t20-,21-,22+/m0/s1. The number of benzene rings is 1. The smallest absolute Gasteiger partial charge is 0.158 e. The second kappa shape index (κ2) is 7.16. The molecule has 0 amide bonds. The third kappa shape index (κ3) is 3.74. The molecule has 0 saturated heterocycles. The lowest BCUT2D eigenvalue weighted by Crippen LogP contribution is -2.48. The van der Waals surface area contributed by atoms with Crippen molar-refractivity contribution in [1.82, 2.24) is 0 Å². The van der Waals surface area contributed by atoms with Gasteiger partial charge >= 0.3 is 0 Å². The van der Waals surface area contributed by atoms with Crippen LogP contribution in [-0.4, -0.2) is 22.3 Å². The number of ketones is 2. The molecule has 1 heterocycles. The van der Waals surface area contributed by atoms with Gasteiger partial charge in [0, 0.05) is 23.4 Å². The van der Waals surface area contributed by atoms with E-state index in [-0.39, 0.29) is 18.0 Å². The average Bonchev–Trinajstić information content (AvgIpc) is 3.09. The van der Waals surface area contributed by atoms with Crippen molar-refractivity contribution in [2.75, 3.05) is 5.32 Å². The van der Waals surface area contributed by atoms with Crippen LogP contribution in [0.4, 0.5) is 5.69 Å². The molecule has 0 saturated carbocycles.